The minimum atomic E-state index is -0.595. The van der Waals surface area contributed by atoms with Gasteiger partial charge in [-0.3, -0.25) is 14.2 Å². The lowest BCUT2D eigenvalue weighted by Crippen LogP contribution is -2.50. The molecule has 9 nitrogen and oxygen atoms in total. The maximum Gasteiger partial charge on any atom is 0.245 e. The van der Waals surface area contributed by atoms with E-state index >= 15 is 0 Å². The molecule has 2 amide bonds. The maximum atomic E-state index is 12.5. The first-order valence-electron chi connectivity index (χ1n) is 10.4. The highest BCUT2D eigenvalue weighted by molar-refractivity contribution is 7.99. The maximum absolute atomic E-state index is 12.5. The molecule has 0 saturated carbocycles. The number of morpholine rings is 1. The van der Waals surface area contributed by atoms with Crippen LogP contribution in [0.1, 0.15) is 12.5 Å². The van der Waals surface area contributed by atoms with Crippen LogP contribution in [0, 0.1) is 0 Å². The lowest BCUT2D eigenvalue weighted by Gasteiger charge is -2.29. The normalized spacial score (nSPS) is 14.8. The van der Waals surface area contributed by atoms with Crippen LogP contribution in [0.3, 0.4) is 0 Å². The second-order valence-electron chi connectivity index (χ2n) is 7.37. The highest BCUT2D eigenvalue weighted by Gasteiger charge is 2.24. The first kappa shape index (κ1) is 22.1. The van der Waals surface area contributed by atoms with E-state index in [0.717, 1.165) is 5.56 Å². The molecule has 3 heterocycles. The number of nitrogens with zero attached hydrogens (tertiary/aromatic N) is 4. The van der Waals surface area contributed by atoms with Gasteiger partial charge in [-0.25, -0.2) is 0 Å². The van der Waals surface area contributed by atoms with E-state index in [0.29, 0.717) is 49.6 Å². The van der Waals surface area contributed by atoms with Crippen molar-refractivity contribution in [2.45, 2.75) is 24.7 Å². The van der Waals surface area contributed by atoms with Crippen LogP contribution in [0.25, 0.3) is 11.6 Å². The van der Waals surface area contributed by atoms with Gasteiger partial charge in [-0.1, -0.05) is 42.1 Å². The average Bonchev–Trinajstić information content (AvgIpc) is 3.48. The Kier molecular flexibility index (Phi) is 7.23. The molecule has 0 spiro atoms. The van der Waals surface area contributed by atoms with Crippen molar-refractivity contribution in [3.63, 3.8) is 0 Å². The number of nitrogens with one attached hydrogen (secondary N) is 1. The van der Waals surface area contributed by atoms with Gasteiger partial charge < -0.3 is 19.4 Å². The van der Waals surface area contributed by atoms with Gasteiger partial charge in [-0.05, 0) is 24.6 Å². The van der Waals surface area contributed by atoms with Gasteiger partial charge in [0.1, 0.15) is 6.04 Å². The number of amides is 2. The number of carbonyl (C=O) groups excluding carboxylic acids is 2. The Labute approximate surface area is 190 Å². The predicted octanol–water partition coefficient (Wildman–Crippen LogP) is 2.04. The zero-order chi connectivity index (χ0) is 22.3. The molecule has 0 bridgehead atoms. The fraction of sp³-hybridized carbons (Fsp3) is 0.364. The van der Waals surface area contributed by atoms with Crippen molar-refractivity contribution in [3.05, 3.63) is 54.3 Å². The number of hydrogen-bond acceptors (Lipinski definition) is 7. The Balaban J connectivity index is 1.41. The molecule has 1 aliphatic rings. The third-order valence-electron chi connectivity index (χ3n) is 5.04. The van der Waals surface area contributed by atoms with E-state index in [4.69, 9.17) is 9.15 Å². The second kappa shape index (κ2) is 10.5. The highest BCUT2D eigenvalue weighted by atomic mass is 32.2. The van der Waals surface area contributed by atoms with Crippen LogP contribution in [0.5, 0.6) is 0 Å². The average molecular weight is 456 g/mol. The Morgan fingerprint density at radius 2 is 1.91 bits per heavy atom. The summed E-state index contributed by atoms with van der Waals surface area (Å²) in [6, 6.07) is 13.0. The first-order valence-corrected chi connectivity index (χ1v) is 11.4. The number of carbonyl (C=O) groups is 2. The third-order valence-corrected chi connectivity index (χ3v) is 6.01. The van der Waals surface area contributed by atoms with E-state index in [1.807, 2.05) is 41.0 Å². The SMILES string of the molecule is CC(NC(=O)CSc1nnc(-c2ccco2)n1Cc1ccccc1)C(=O)N1CCOCC1. The number of ether oxygens (including phenoxy) is 1. The van der Waals surface area contributed by atoms with E-state index in [1.54, 1.807) is 24.2 Å². The molecular formula is C22H25N5O4S. The summed E-state index contributed by atoms with van der Waals surface area (Å²) >= 11 is 1.27. The molecular weight excluding hydrogens is 430 g/mol. The molecule has 1 fully saturated rings. The van der Waals surface area contributed by atoms with Crippen LogP contribution in [0.4, 0.5) is 0 Å². The van der Waals surface area contributed by atoms with Crippen LogP contribution in [0.2, 0.25) is 0 Å². The summed E-state index contributed by atoms with van der Waals surface area (Å²) in [5.41, 5.74) is 1.08. The number of benzene rings is 1. The molecule has 1 N–H and O–H groups in total. The second-order valence-corrected chi connectivity index (χ2v) is 8.31. The topological polar surface area (TPSA) is 102 Å². The molecule has 2 aromatic heterocycles. The Hall–Kier alpha value is -3.11. The molecule has 1 aromatic carbocycles. The zero-order valence-corrected chi connectivity index (χ0v) is 18.6. The van der Waals surface area contributed by atoms with Gasteiger partial charge >= 0.3 is 0 Å². The Bertz CT molecular complexity index is 1030. The van der Waals surface area contributed by atoms with Crippen LogP contribution in [-0.2, 0) is 20.9 Å². The molecule has 4 rings (SSSR count). The minimum absolute atomic E-state index is 0.0981. The van der Waals surface area contributed by atoms with E-state index < -0.39 is 6.04 Å². The number of hydrogen-bond donors (Lipinski definition) is 1. The van der Waals surface area contributed by atoms with Gasteiger partial charge in [0.05, 0.1) is 31.8 Å². The van der Waals surface area contributed by atoms with E-state index in [2.05, 4.69) is 15.5 Å². The van der Waals surface area contributed by atoms with Gasteiger partial charge in [0.2, 0.25) is 17.6 Å². The summed E-state index contributed by atoms with van der Waals surface area (Å²) in [5, 5.41) is 11.9. The van der Waals surface area contributed by atoms with Crippen molar-refractivity contribution in [2.24, 2.45) is 0 Å². The molecule has 10 heteroatoms. The molecule has 32 heavy (non-hydrogen) atoms. The smallest absolute Gasteiger partial charge is 0.245 e. The number of aromatic nitrogens is 3. The summed E-state index contributed by atoms with van der Waals surface area (Å²) in [6.07, 6.45) is 1.59. The molecule has 1 aliphatic heterocycles. The van der Waals surface area contributed by atoms with Gasteiger partial charge in [0, 0.05) is 13.1 Å². The minimum Gasteiger partial charge on any atom is -0.461 e. The molecule has 1 atom stereocenters. The quantitative estimate of drug-likeness (QED) is 0.519. The summed E-state index contributed by atoms with van der Waals surface area (Å²) in [5.74, 6) is 0.982. The Morgan fingerprint density at radius 3 is 2.62 bits per heavy atom. The van der Waals surface area contributed by atoms with Crippen LogP contribution < -0.4 is 5.32 Å². The van der Waals surface area contributed by atoms with Gasteiger partial charge in [-0.2, -0.15) is 0 Å². The lowest BCUT2D eigenvalue weighted by molar-refractivity contribution is -0.139. The standard InChI is InChI=1S/C22H25N5O4S/c1-16(21(29)26-9-12-30-13-10-26)23-19(28)15-32-22-25-24-20(18-8-5-11-31-18)27(22)14-17-6-3-2-4-7-17/h2-8,11,16H,9-10,12-15H2,1H3,(H,23,28). The summed E-state index contributed by atoms with van der Waals surface area (Å²) < 4.78 is 12.7. The molecule has 1 saturated heterocycles. The molecule has 0 aliphatic carbocycles. The van der Waals surface area contributed by atoms with Gasteiger partial charge in [0.15, 0.2) is 10.9 Å². The third kappa shape index (κ3) is 5.38. The van der Waals surface area contributed by atoms with Crippen LogP contribution in [-0.4, -0.2) is 69.6 Å². The van der Waals surface area contributed by atoms with Crippen molar-refractivity contribution >= 4 is 23.6 Å². The number of furan rings is 1. The van der Waals surface area contributed by atoms with Crippen molar-refractivity contribution < 1.29 is 18.7 Å². The van der Waals surface area contributed by atoms with Gasteiger partial charge in [-0.15, -0.1) is 10.2 Å². The molecule has 168 valence electrons. The summed E-state index contributed by atoms with van der Waals surface area (Å²) in [4.78, 5) is 26.7. The highest BCUT2D eigenvalue weighted by Crippen LogP contribution is 2.25. The van der Waals surface area contributed by atoms with Crippen molar-refractivity contribution in [1.29, 1.82) is 0 Å². The van der Waals surface area contributed by atoms with E-state index in [9.17, 15) is 9.59 Å². The van der Waals surface area contributed by atoms with Crippen molar-refractivity contribution in [1.82, 2.24) is 25.0 Å². The van der Waals surface area contributed by atoms with Crippen molar-refractivity contribution in [2.75, 3.05) is 32.1 Å². The van der Waals surface area contributed by atoms with Gasteiger partial charge in [0.25, 0.3) is 0 Å². The molecule has 3 aromatic rings. The summed E-state index contributed by atoms with van der Waals surface area (Å²) in [7, 11) is 0. The Morgan fingerprint density at radius 1 is 1.12 bits per heavy atom. The predicted molar refractivity (Wildman–Crippen MR) is 119 cm³/mol. The van der Waals surface area contributed by atoms with Crippen LogP contribution >= 0.6 is 11.8 Å². The largest absolute Gasteiger partial charge is 0.461 e. The fourth-order valence-corrected chi connectivity index (χ4v) is 4.17. The van der Waals surface area contributed by atoms with Crippen LogP contribution in [0.15, 0.2) is 58.3 Å². The lowest BCUT2D eigenvalue weighted by atomic mass is 10.2. The zero-order valence-electron chi connectivity index (χ0n) is 17.8. The summed E-state index contributed by atoms with van der Waals surface area (Å²) in [6.45, 7) is 4.39. The number of thioether (sulfide) groups is 1. The number of rotatable bonds is 8. The monoisotopic (exact) mass is 455 g/mol. The van der Waals surface area contributed by atoms with Crippen molar-refractivity contribution in [3.8, 4) is 11.6 Å². The van der Waals surface area contributed by atoms with E-state index in [-0.39, 0.29) is 17.6 Å². The molecule has 0 radical (unpaired) electrons. The fourth-order valence-electron chi connectivity index (χ4n) is 3.42. The molecule has 1 unspecified atom stereocenters. The first-order chi connectivity index (χ1) is 15.6. The van der Waals surface area contributed by atoms with E-state index in [1.165, 1.54) is 11.8 Å².